The van der Waals surface area contributed by atoms with Gasteiger partial charge >= 0.3 is 5.97 Å². The van der Waals surface area contributed by atoms with Gasteiger partial charge in [0, 0.05) is 20.1 Å². The van der Waals surface area contributed by atoms with E-state index in [2.05, 4.69) is 52.8 Å². The Hall–Kier alpha value is -2.21. The molecule has 1 atom stereocenters. The van der Waals surface area contributed by atoms with Gasteiger partial charge in [-0.15, -0.1) is 0 Å². The van der Waals surface area contributed by atoms with Gasteiger partial charge in [0.2, 0.25) is 0 Å². The van der Waals surface area contributed by atoms with Gasteiger partial charge in [0.25, 0.3) is 5.56 Å². The van der Waals surface area contributed by atoms with Gasteiger partial charge < -0.3 is 14.2 Å². The zero-order valence-electron chi connectivity index (χ0n) is 20.6. The van der Waals surface area contributed by atoms with E-state index in [0.717, 1.165) is 13.4 Å². The first-order valence-electron chi connectivity index (χ1n) is 11.2. The maximum atomic E-state index is 13.9. The molecule has 2 heterocycles. The molecule has 0 saturated heterocycles. The molecule has 37 heavy (non-hydrogen) atoms. The number of halogens is 3. The number of carbonyl (C=O) groups is 1. The van der Waals surface area contributed by atoms with E-state index in [-0.39, 0.29) is 17.2 Å². The zero-order chi connectivity index (χ0) is 27.0. The second-order valence-corrected chi connectivity index (χ2v) is 12.1. The molecule has 0 bridgehead atoms. The minimum absolute atomic E-state index is 0.284. The minimum Gasteiger partial charge on any atom is -0.496 e. The van der Waals surface area contributed by atoms with Gasteiger partial charge in [-0.3, -0.25) is 9.36 Å². The number of thiazole rings is 1. The summed E-state index contributed by atoms with van der Waals surface area (Å²) in [5, 5.41) is 0. The minimum atomic E-state index is -0.798. The van der Waals surface area contributed by atoms with Crippen LogP contribution in [0.1, 0.15) is 37.9 Å². The van der Waals surface area contributed by atoms with Gasteiger partial charge in [-0.25, -0.2) is 9.79 Å². The number of allylic oxidation sites excluding steroid dienone is 1. The number of aromatic nitrogens is 1. The Bertz CT molecular complexity index is 1610. The molecule has 194 valence electrons. The Morgan fingerprint density at radius 2 is 1.84 bits per heavy atom. The third-order valence-electron chi connectivity index (χ3n) is 5.60. The van der Waals surface area contributed by atoms with Crippen molar-refractivity contribution in [1.82, 2.24) is 4.57 Å². The number of hydrogen-bond donors (Lipinski definition) is 0. The molecule has 1 aromatic heterocycles. The lowest BCUT2D eigenvalue weighted by molar-refractivity contribution is -0.143. The van der Waals surface area contributed by atoms with Crippen LogP contribution < -0.4 is 24.4 Å². The van der Waals surface area contributed by atoms with Crippen molar-refractivity contribution in [2.24, 2.45) is 4.99 Å². The second-order valence-electron chi connectivity index (χ2n) is 8.43. The average molecular weight is 715 g/mol. The Kier molecular flexibility index (Phi) is 8.47. The molecular weight excluding hydrogens is 692 g/mol. The van der Waals surface area contributed by atoms with E-state index < -0.39 is 12.0 Å². The number of rotatable bonds is 6. The van der Waals surface area contributed by atoms with Gasteiger partial charge in [-0.05, 0) is 73.1 Å². The standard InChI is InChI=1S/C26H23Br3N2O5S/c1-12(2)36-25(33)21-13(3)30-26-31(22(21)17-10-15(27)6-7-19(17)34-4)24(32)20(37-26)9-14-8-16(28)11-18(29)23(14)35-5/h6-12,22H,1-5H3/b20-9-/t22-/m0/s1. The lowest BCUT2D eigenvalue weighted by atomic mass is 9.95. The predicted molar refractivity (Wildman–Crippen MR) is 154 cm³/mol. The van der Waals surface area contributed by atoms with E-state index >= 15 is 0 Å². The van der Waals surface area contributed by atoms with Gasteiger partial charge in [0.1, 0.15) is 17.5 Å². The van der Waals surface area contributed by atoms with Crippen LogP contribution in [-0.2, 0) is 9.53 Å². The van der Waals surface area contributed by atoms with Crippen molar-refractivity contribution < 1.29 is 19.0 Å². The monoisotopic (exact) mass is 712 g/mol. The first kappa shape index (κ1) is 27.8. The first-order chi connectivity index (χ1) is 17.5. The van der Waals surface area contributed by atoms with Crippen molar-refractivity contribution in [1.29, 1.82) is 0 Å². The van der Waals surface area contributed by atoms with Crippen LogP contribution in [0, 0.1) is 0 Å². The summed E-state index contributed by atoms with van der Waals surface area (Å²) in [6, 6.07) is 8.41. The largest absolute Gasteiger partial charge is 0.496 e. The molecule has 0 unspecified atom stereocenters. The van der Waals surface area contributed by atoms with Gasteiger partial charge in [-0.1, -0.05) is 43.2 Å². The Labute approximate surface area is 242 Å². The molecule has 0 aliphatic carbocycles. The maximum absolute atomic E-state index is 13.9. The SMILES string of the molecule is COc1ccc(Br)cc1[C@H]1C(C(=O)OC(C)C)=C(C)N=c2s/c(=C\c3cc(Br)cc(Br)c3OC)c(=O)n21. The van der Waals surface area contributed by atoms with Crippen LogP contribution in [0.3, 0.4) is 0 Å². The normalized spacial score (nSPS) is 15.5. The molecule has 2 aromatic carbocycles. The van der Waals surface area contributed by atoms with Crippen molar-refractivity contribution in [2.75, 3.05) is 14.2 Å². The van der Waals surface area contributed by atoms with E-state index in [4.69, 9.17) is 14.2 Å². The summed E-state index contributed by atoms with van der Waals surface area (Å²) in [7, 11) is 3.12. The molecule has 7 nitrogen and oxygen atoms in total. The van der Waals surface area contributed by atoms with Crippen LogP contribution >= 0.6 is 59.1 Å². The molecule has 1 aliphatic heterocycles. The Morgan fingerprint density at radius 3 is 2.49 bits per heavy atom. The van der Waals surface area contributed by atoms with E-state index in [1.165, 1.54) is 15.9 Å². The van der Waals surface area contributed by atoms with E-state index in [1.807, 2.05) is 24.3 Å². The molecule has 4 rings (SSSR count). The Morgan fingerprint density at radius 1 is 1.11 bits per heavy atom. The molecule has 0 N–H and O–H groups in total. The molecule has 11 heteroatoms. The maximum Gasteiger partial charge on any atom is 0.338 e. The van der Waals surface area contributed by atoms with Crippen molar-refractivity contribution in [2.45, 2.75) is 32.9 Å². The van der Waals surface area contributed by atoms with E-state index in [1.54, 1.807) is 47.1 Å². The highest BCUT2D eigenvalue weighted by Gasteiger charge is 2.35. The van der Waals surface area contributed by atoms with Crippen molar-refractivity contribution in [3.63, 3.8) is 0 Å². The topological polar surface area (TPSA) is 79.1 Å². The molecule has 3 aromatic rings. The lowest BCUT2D eigenvalue weighted by Gasteiger charge is -2.26. The molecule has 1 aliphatic rings. The number of methoxy groups -OCH3 is 2. The van der Waals surface area contributed by atoms with Crippen molar-refractivity contribution >= 4 is 71.2 Å². The molecular formula is C26H23Br3N2O5S. The summed E-state index contributed by atoms with van der Waals surface area (Å²) >= 11 is 11.8. The van der Waals surface area contributed by atoms with Crippen molar-refractivity contribution in [3.8, 4) is 11.5 Å². The first-order valence-corrected chi connectivity index (χ1v) is 14.3. The van der Waals surface area contributed by atoms with E-state index in [0.29, 0.717) is 37.7 Å². The van der Waals surface area contributed by atoms with Crippen LogP contribution in [0.5, 0.6) is 11.5 Å². The number of ether oxygens (including phenoxy) is 3. The summed E-state index contributed by atoms with van der Waals surface area (Å²) < 4.78 is 21.1. The summed E-state index contributed by atoms with van der Waals surface area (Å²) in [4.78, 5) is 32.4. The number of carbonyl (C=O) groups excluding carboxylic acids is 1. The second kappa shape index (κ2) is 11.3. The summed E-state index contributed by atoms with van der Waals surface area (Å²) in [5.41, 5.74) is 1.81. The van der Waals surface area contributed by atoms with Crippen molar-refractivity contribution in [3.05, 3.63) is 85.8 Å². The highest BCUT2D eigenvalue weighted by Crippen LogP contribution is 2.38. The average Bonchev–Trinajstić information content (AvgIpc) is 3.11. The quantitative estimate of drug-likeness (QED) is 0.316. The van der Waals surface area contributed by atoms with Crippen LogP contribution in [0.15, 0.2) is 64.8 Å². The smallest absolute Gasteiger partial charge is 0.338 e. The van der Waals surface area contributed by atoms with Crippen LogP contribution in [0.4, 0.5) is 0 Å². The highest BCUT2D eigenvalue weighted by molar-refractivity contribution is 9.11. The lowest BCUT2D eigenvalue weighted by Crippen LogP contribution is -2.40. The molecule has 0 amide bonds. The number of hydrogen-bond acceptors (Lipinski definition) is 7. The number of nitrogens with zero attached hydrogens (tertiary/aromatic N) is 2. The molecule has 0 spiro atoms. The summed E-state index contributed by atoms with van der Waals surface area (Å²) in [5.74, 6) is 0.594. The van der Waals surface area contributed by atoms with Crippen LogP contribution in [0.25, 0.3) is 6.08 Å². The highest BCUT2D eigenvalue weighted by atomic mass is 79.9. The fraction of sp³-hybridized carbons (Fsp3) is 0.269. The Balaban J connectivity index is 2.04. The number of benzene rings is 2. The molecule has 0 radical (unpaired) electrons. The third kappa shape index (κ3) is 5.50. The van der Waals surface area contributed by atoms with E-state index in [9.17, 15) is 9.59 Å². The fourth-order valence-electron chi connectivity index (χ4n) is 4.12. The number of esters is 1. The molecule has 0 saturated carbocycles. The zero-order valence-corrected chi connectivity index (χ0v) is 26.2. The third-order valence-corrected chi connectivity index (χ3v) is 8.12. The summed E-state index contributed by atoms with van der Waals surface area (Å²) in [6.45, 7) is 5.31. The van der Waals surface area contributed by atoms with Gasteiger partial charge in [-0.2, -0.15) is 0 Å². The predicted octanol–water partition coefficient (Wildman–Crippen LogP) is 5.49. The van der Waals surface area contributed by atoms with Crippen LogP contribution in [-0.4, -0.2) is 30.9 Å². The van der Waals surface area contributed by atoms with Gasteiger partial charge in [0.05, 0.1) is 40.6 Å². The van der Waals surface area contributed by atoms with Gasteiger partial charge in [0.15, 0.2) is 4.80 Å². The molecule has 0 fully saturated rings. The fourth-order valence-corrected chi connectivity index (χ4v) is 6.95. The number of fused-ring (bicyclic) bond motifs is 1. The summed E-state index contributed by atoms with van der Waals surface area (Å²) in [6.07, 6.45) is 1.42. The van der Waals surface area contributed by atoms with Crippen LogP contribution in [0.2, 0.25) is 0 Å².